The van der Waals surface area contributed by atoms with E-state index in [0.29, 0.717) is 4.83 Å². The summed E-state index contributed by atoms with van der Waals surface area (Å²) in [6.07, 6.45) is 7.93. The Kier molecular flexibility index (Phi) is 5.75. The quantitative estimate of drug-likeness (QED) is 0.675. The van der Waals surface area contributed by atoms with Crippen LogP contribution < -0.4 is 4.74 Å². The molecule has 3 atom stereocenters. The highest BCUT2D eigenvalue weighted by Crippen LogP contribution is 2.38. The van der Waals surface area contributed by atoms with Crippen LogP contribution in [-0.2, 0) is 6.42 Å². The van der Waals surface area contributed by atoms with Gasteiger partial charge in [0.2, 0.25) is 0 Å². The standard InChI is InChI=1S/C17H25BrO/c1-3-6-13-9-10-16(18)15(11-13)12-14-7-4-5-8-17(14)19-2/h4-5,7-8,13,15-16H,3,6,9-12H2,1-2H3. The zero-order chi connectivity index (χ0) is 13.7. The smallest absolute Gasteiger partial charge is 0.122 e. The molecular weight excluding hydrogens is 300 g/mol. The molecule has 0 spiro atoms. The Morgan fingerprint density at radius 1 is 1.26 bits per heavy atom. The van der Waals surface area contributed by atoms with E-state index < -0.39 is 0 Å². The third kappa shape index (κ3) is 3.98. The van der Waals surface area contributed by atoms with E-state index in [9.17, 15) is 0 Å². The molecule has 19 heavy (non-hydrogen) atoms. The van der Waals surface area contributed by atoms with Gasteiger partial charge in [-0.3, -0.25) is 0 Å². The van der Waals surface area contributed by atoms with Crippen molar-refractivity contribution in [2.24, 2.45) is 11.8 Å². The first kappa shape index (κ1) is 14.9. The van der Waals surface area contributed by atoms with Crippen molar-refractivity contribution >= 4 is 15.9 Å². The van der Waals surface area contributed by atoms with Gasteiger partial charge >= 0.3 is 0 Å². The Hall–Kier alpha value is -0.500. The van der Waals surface area contributed by atoms with E-state index in [2.05, 4.69) is 47.1 Å². The van der Waals surface area contributed by atoms with Gasteiger partial charge in [0.25, 0.3) is 0 Å². The van der Waals surface area contributed by atoms with E-state index in [1.165, 1.54) is 37.7 Å². The molecule has 2 rings (SSSR count). The minimum atomic E-state index is 0.672. The first-order valence-corrected chi connectivity index (χ1v) is 8.42. The van der Waals surface area contributed by atoms with E-state index in [1.807, 2.05) is 0 Å². The highest BCUT2D eigenvalue weighted by atomic mass is 79.9. The molecule has 2 heteroatoms. The third-order valence-corrected chi connectivity index (χ3v) is 5.58. The number of para-hydroxylation sites is 1. The third-order valence-electron chi connectivity index (χ3n) is 4.37. The Balaban J connectivity index is 2.03. The van der Waals surface area contributed by atoms with Crippen LogP contribution in [0.5, 0.6) is 5.75 Å². The van der Waals surface area contributed by atoms with E-state index in [0.717, 1.165) is 24.0 Å². The van der Waals surface area contributed by atoms with Crippen LogP contribution in [0.25, 0.3) is 0 Å². The van der Waals surface area contributed by atoms with Crippen LogP contribution in [0.1, 0.15) is 44.6 Å². The molecule has 0 heterocycles. The summed E-state index contributed by atoms with van der Waals surface area (Å²) in [5, 5.41) is 0. The molecular formula is C17H25BrO. The lowest BCUT2D eigenvalue weighted by molar-refractivity contribution is 0.261. The zero-order valence-electron chi connectivity index (χ0n) is 12.1. The molecule has 0 amide bonds. The average Bonchev–Trinajstić information content (AvgIpc) is 2.43. The van der Waals surface area contributed by atoms with Gasteiger partial charge in [0.15, 0.2) is 0 Å². The molecule has 0 N–H and O–H groups in total. The molecule has 1 fully saturated rings. The molecule has 3 unspecified atom stereocenters. The van der Waals surface area contributed by atoms with Crippen LogP contribution in [0, 0.1) is 11.8 Å². The molecule has 0 aromatic heterocycles. The van der Waals surface area contributed by atoms with Crippen molar-refractivity contribution in [1.82, 2.24) is 0 Å². The lowest BCUT2D eigenvalue weighted by atomic mass is 9.77. The maximum Gasteiger partial charge on any atom is 0.122 e. The lowest BCUT2D eigenvalue weighted by Gasteiger charge is -2.33. The number of rotatable bonds is 5. The Morgan fingerprint density at radius 3 is 2.79 bits per heavy atom. The number of hydrogen-bond acceptors (Lipinski definition) is 1. The second-order valence-electron chi connectivity index (χ2n) is 5.76. The predicted molar refractivity (Wildman–Crippen MR) is 85.2 cm³/mol. The molecule has 1 saturated carbocycles. The second-order valence-corrected chi connectivity index (χ2v) is 6.94. The fourth-order valence-corrected chi connectivity index (χ4v) is 4.03. The largest absolute Gasteiger partial charge is 0.496 e. The van der Waals surface area contributed by atoms with Gasteiger partial charge in [-0.1, -0.05) is 53.9 Å². The zero-order valence-corrected chi connectivity index (χ0v) is 13.7. The first-order chi connectivity index (χ1) is 9.24. The molecule has 0 saturated heterocycles. The van der Waals surface area contributed by atoms with Gasteiger partial charge in [0.05, 0.1) is 7.11 Å². The number of halogens is 1. The van der Waals surface area contributed by atoms with Crippen LogP contribution in [-0.4, -0.2) is 11.9 Å². The van der Waals surface area contributed by atoms with Crippen molar-refractivity contribution in [2.45, 2.75) is 50.3 Å². The van der Waals surface area contributed by atoms with E-state index in [1.54, 1.807) is 7.11 Å². The molecule has 1 aromatic rings. The number of methoxy groups -OCH3 is 1. The lowest BCUT2D eigenvalue weighted by Crippen LogP contribution is -2.27. The van der Waals surface area contributed by atoms with Crippen LogP contribution in [0.4, 0.5) is 0 Å². The van der Waals surface area contributed by atoms with Gasteiger partial charge in [-0.2, -0.15) is 0 Å². The van der Waals surface area contributed by atoms with Gasteiger partial charge in [-0.15, -0.1) is 0 Å². The normalized spacial score (nSPS) is 27.2. The number of benzene rings is 1. The fourth-order valence-electron chi connectivity index (χ4n) is 3.36. The van der Waals surface area contributed by atoms with Crippen LogP contribution in [0.2, 0.25) is 0 Å². The average molecular weight is 325 g/mol. The summed E-state index contributed by atoms with van der Waals surface area (Å²) in [6.45, 7) is 2.30. The van der Waals surface area contributed by atoms with Gasteiger partial charge in [-0.05, 0) is 49.1 Å². The summed E-state index contributed by atoms with van der Waals surface area (Å²) >= 11 is 3.90. The van der Waals surface area contributed by atoms with Gasteiger partial charge in [-0.25, -0.2) is 0 Å². The van der Waals surface area contributed by atoms with Crippen LogP contribution >= 0.6 is 15.9 Å². The second kappa shape index (κ2) is 7.33. The topological polar surface area (TPSA) is 9.23 Å². The number of ether oxygens (including phenoxy) is 1. The van der Waals surface area contributed by atoms with Crippen LogP contribution in [0.15, 0.2) is 24.3 Å². The number of alkyl halides is 1. The highest BCUT2D eigenvalue weighted by Gasteiger charge is 2.29. The SMILES string of the molecule is CCCC1CCC(Br)C(Cc2ccccc2OC)C1. The number of hydrogen-bond donors (Lipinski definition) is 0. The summed E-state index contributed by atoms with van der Waals surface area (Å²) in [6, 6.07) is 8.45. The molecule has 1 nitrogen and oxygen atoms in total. The van der Waals surface area contributed by atoms with Crippen molar-refractivity contribution < 1.29 is 4.74 Å². The first-order valence-electron chi connectivity index (χ1n) is 7.50. The monoisotopic (exact) mass is 324 g/mol. The molecule has 0 bridgehead atoms. The summed E-state index contributed by atoms with van der Waals surface area (Å²) in [7, 11) is 1.77. The Morgan fingerprint density at radius 2 is 2.05 bits per heavy atom. The van der Waals surface area contributed by atoms with Gasteiger partial charge in [0, 0.05) is 4.83 Å². The molecule has 1 aliphatic carbocycles. The summed E-state index contributed by atoms with van der Waals surface area (Å²) < 4.78 is 5.48. The van der Waals surface area contributed by atoms with E-state index >= 15 is 0 Å². The Labute approximate surface area is 125 Å². The van der Waals surface area contributed by atoms with E-state index in [-0.39, 0.29) is 0 Å². The minimum Gasteiger partial charge on any atom is -0.496 e. The summed E-state index contributed by atoms with van der Waals surface area (Å²) in [5.74, 6) is 2.72. The van der Waals surface area contributed by atoms with E-state index in [4.69, 9.17) is 4.74 Å². The predicted octanol–water partition coefficient (Wildman–Crippen LogP) is 5.22. The molecule has 0 radical (unpaired) electrons. The Bertz CT molecular complexity index is 391. The van der Waals surface area contributed by atoms with Crippen LogP contribution in [0.3, 0.4) is 0 Å². The molecule has 1 aromatic carbocycles. The van der Waals surface area contributed by atoms with Gasteiger partial charge in [0.1, 0.15) is 5.75 Å². The van der Waals surface area contributed by atoms with Crippen molar-refractivity contribution in [1.29, 1.82) is 0 Å². The highest BCUT2D eigenvalue weighted by molar-refractivity contribution is 9.09. The maximum atomic E-state index is 5.48. The minimum absolute atomic E-state index is 0.672. The molecule has 0 aliphatic heterocycles. The molecule has 106 valence electrons. The van der Waals surface area contributed by atoms with Crippen molar-refractivity contribution in [3.63, 3.8) is 0 Å². The van der Waals surface area contributed by atoms with Gasteiger partial charge < -0.3 is 4.74 Å². The van der Waals surface area contributed by atoms with Crippen molar-refractivity contribution in [2.75, 3.05) is 7.11 Å². The molecule has 1 aliphatic rings. The summed E-state index contributed by atoms with van der Waals surface area (Å²) in [5.41, 5.74) is 1.36. The fraction of sp³-hybridized carbons (Fsp3) is 0.647. The maximum absolute atomic E-state index is 5.48. The summed E-state index contributed by atoms with van der Waals surface area (Å²) in [4.78, 5) is 0.672. The van der Waals surface area contributed by atoms with Crippen molar-refractivity contribution in [3.8, 4) is 5.75 Å². The van der Waals surface area contributed by atoms with Crippen molar-refractivity contribution in [3.05, 3.63) is 29.8 Å².